The van der Waals surface area contributed by atoms with Gasteiger partial charge in [0.25, 0.3) is 6.04 Å². The van der Waals surface area contributed by atoms with E-state index in [2.05, 4.69) is 9.47 Å². The first-order valence-corrected chi connectivity index (χ1v) is 5.53. The maximum Gasteiger partial charge on any atom is 0.417 e. The van der Waals surface area contributed by atoms with Crippen LogP contribution >= 0.6 is 0 Å². The highest BCUT2D eigenvalue weighted by Gasteiger charge is 2.47. The lowest BCUT2D eigenvalue weighted by Gasteiger charge is -2.25. The summed E-state index contributed by atoms with van der Waals surface area (Å²) < 4.78 is 114. The zero-order valence-electron chi connectivity index (χ0n) is 11.3. The van der Waals surface area contributed by atoms with Crippen molar-refractivity contribution < 1.29 is 53.8 Å². The van der Waals surface area contributed by atoms with E-state index in [0.717, 1.165) is 13.8 Å². The minimum Gasteiger partial charge on any atom is -0.369 e. The molecule has 22 heavy (non-hydrogen) atoms. The Morgan fingerprint density at radius 1 is 1.05 bits per heavy atom. The highest BCUT2D eigenvalue weighted by atomic mass is 19.4. The van der Waals surface area contributed by atoms with Gasteiger partial charge in [-0.05, 0) is 0 Å². The van der Waals surface area contributed by atoms with Crippen LogP contribution < -0.4 is 0 Å². The fourth-order valence-electron chi connectivity index (χ4n) is 0.768. The highest BCUT2D eigenvalue weighted by molar-refractivity contribution is 5.64. The summed E-state index contributed by atoms with van der Waals surface area (Å²) in [7, 11) is 0. The molecule has 0 spiro atoms. The molecule has 0 aliphatic carbocycles. The van der Waals surface area contributed by atoms with Crippen molar-refractivity contribution in [2.45, 2.75) is 44.8 Å². The molecule has 0 aliphatic heterocycles. The van der Waals surface area contributed by atoms with Gasteiger partial charge in [-0.1, -0.05) is 6.92 Å². The second-order valence-corrected chi connectivity index (χ2v) is 3.74. The number of carbonyl (C=O) groups excluding carboxylic acids is 1. The average molecular weight is 352 g/mol. The van der Waals surface area contributed by atoms with Crippen LogP contribution in [-0.4, -0.2) is 43.8 Å². The van der Waals surface area contributed by atoms with Gasteiger partial charge in [-0.25, -0.2) is 0 Å². The molecule has 0 bridgehead atoms. The Hall–Kier alpha value is -1.04. The summed E-state index contributed by atoms with van der Waals surface area (Å²) >= 11 is 0. The second kappa shape index (κ2) is 9.18. The Bertz CT molecular complexity index is 321. The van der Waals surface area contributed by atoms with E-state index in [9.17, 15) is 39.5 Å². The summed E-state index contributed by atoms with van der Waals surface area (Å²) in [5.74, 6) is 0. The van der Waals surface area contributed by atoms with E-state index in [-0.39, 0.29) is 0 Å². The van der Waals surface area contributed by atoms with Crippen molar-refractivity contribution in [3.63, 3.8) is 0 Å². The fraction of sp³-hybridized carbons (Fsp3) is 0.900. The summed E-state index contributed by atoms with van der Waals surface area (Å²) in [4.78, 5) is 8.78. The first-order chi connectivity index (χ1) is 9.60. The van der Waals surface area contributed by atoms with Crippen molar-refractivity contribution >= 4 is 6.04 Å². The summed E-state index contributed by atoms with van der Waals surface area (Å²) in [6.45, 7) is -1.90. The van der Waals surface area contributed by atoms with Crippen LogP contribution in [0.2, 0.25) is 0 Å². The van der Waals surface area contributed by atoms with Gasteiger partial charge in [0.2, 0.25) is 0 Å². The molecule has 0 rings (SSSR count). The smallest absolute Gasteiger partial charge is 0.369 e. The van der Waals surface area contributed by atoms with E-state index in [1.54, 1.807) is 0 Å². The van der Waals surface area contributed by atoms with Gasteiger partial charge in [-0.2, -0.15) is 39.5 Å². The third-order valence-corrected chi connectivity index (χ3v) is 1.63. The number of carbonyl (C=O) groups is 1. The molecule has 0 N–H and O–H groups in total. The van der Waals surface area contributed by atoms with Gasteiger partial charge < -0.3 is 9.47 Å². The molecule has 0 aromatic carbocycles. The lowest BCUT2D eigenvalue weighted by atomic mass is 10.3. The van der Waals surface area contributed by atoms with Crippen molar-refractivity contribution in [2.75, 3.05) is 13.2 Å². The molecule has 0 aromatic heterocycles. The molecule has 1 unspecified atom stereocenters. The summed E-state index contributed by atoms with van der Waals surface area (Å²) in [6.07, 6.45) is -18.3. The molecule has 0 saturated carbocycles. The van der Waals surface area contributed by atoms with Gasteiger partial charge in [0.1, 0.15) is 6.61 Å². The molecule has 3 nitrogen and oxygen atoms in total. The Labute approximate surface area is 119 Å². The molecule has 0 heterocycles. The Morgan fingerprint density at radius 2 is 1.45 bits per heavy atom. The van der Waals surface area contributed by atoms with Gasteiger partial charge in [0.05, 0.1) is 6.61 Å². The number of ether oxygens (including phenoxy) is 2. The largest absolute Gasteiger partial charge is 0.417 e. The summed E-state index contributed by atoms with van der Waals surface area (Å²) in [5, 5.41) is 0. The molecule has 0 radical (unpaired) electrons. The van der Waals surface area contributed by atoms with Crippen molar-refractivity contribution in [2.24, 2.45) is 0 Å². The maximum absolute atomic E-state index is 12.6. The predicted octanol–water partition coefficient (Wildman–Crippen LogP) is 4.02. The van der Waals surface area contributed by atoms with Crippen molar-refractivity contribution in [1.29, 1.82) is 0 Å². The van der Waals surface area contributed by atoms with Crippen LogP contribution in [0.1, 0.15) is 20.3 Å². The first-order valence-electron chi connectivity index (χ1n) is 5.53. The molecular formula is C10H13F9O3. The number of alkyl halides is 8. The fourth-order valence-corrected chi connectivity index (χ4v) is 0.768. The van der Waals surface area contributed by atoms with Crippen LogP contribution in [0.3, 0.4) is 0 Å². The predicted molar refractivity (Wildman–Crippen MR) is 54.8 cm³/mol. The Balaban J connectivity index is 0. The quantitative estimate of drug-likeness (QED) is 0.535. The minimum absolute atomic E-state index is 0.861. The van der Waals surface area contributed by atoms with Gasteiger partial charge in [-0.3, -0.25) is 4.79 Å². The van der Waals surface area contributed by atoms with E-state index in [1.165, 1.54) is 0 Å². The lowest BCUT2D eigenvalue weighted by Crippen LogP contribution is -2.42. The normalized spacial score (nSPS) is 14.1. The number of halogens is 9. The van der Waals surface area contributed by atoms with E-state index in [1.807, 2.05) is 0 Å². The van der Waals surface area contributed by atoms with Gasteiger partial charge in [0.15, 0.2) is 6.10 Å². The second-order valence-electron chi connectivity index (χ2n) is 3.74. The van der Waals surface area contributed by atoms with Crippen LogP contribution in [0.25, 0.3) is 0 Å². The monoisotopic (exact) mass is 352 g/mol. The summed E-state index contributed by atoms with van der Waals surface area (Å²) in [6, 6.07) is -1.33. The molecule has 0 aromatic rings. The Kier molecular flexibility index (Phi) is 9.69. The van der Waals surface area contributed by atoms with Crippen LogP contribution in [0, 0.1) is 0 Å². The highest BCUT2D eigenvalue weighted by Crippen LogP contribution is 2.30. The zero-order valence-corrected chi connectivity index (χ0v) is 11.3. The number of hydrogen-bond donors (Lipinski definition) is 0. The molecule has 0 amide bonds. The minimum atomic E-state index is -5.25. The first kappa shape index (κ1) is 23.2. The topological polar surface area (TPSA) is 35.5 Å². The van der Waals surface area contributed by atoms with E-state index in [0.29, 0.717) is 0 Å². The lowest BCUT2D eigenvalue weighted by molar-refractivity contribution is -0.335. The van der Waals surface area contributed by atoms with Crippen LogP contribution in [0.4, 0.5) is 39.5 Å². The van der Waals surface area contributed by atoms with Crippen LogP contribution in [0.15, 0.2) is 0 Å². The van der Waals surface area contributed by atoms with E-state index in [4.69, 9.17) is 4.79 Å². The van der Waals surface area contributed by atoms with Crippen LogP contribution in [-0.2, 0) is 14.3 Å². The van der Waals surface area contributed by atoms with Crippen molar-refractivity contribution in [3.05, 3.63) is 0 Å². The van der Waals surface area contributed by atoms with Crippen molar-refractivity contribution in [1.82, 2.24) is 0 Å². The molecule has 1 atom stereocenters. The average Bonchev–Trinajstić information content (AvgIpc) is 2.24. The standard InChI is InChI=1S/C8H10F8O2.C2H3FO/c1-2-7(12,13)18-5(8(14,15)16)3-17-4-6(9,10)11;1-2(3)4/h5H,2-4H2,1H3;1H3. The van der Waals surface area contributed by atoms with Crippen LogP contribution in [0.5, 0.6) is 0 Å². The zero-order chi connectivity index (χ0) is 18.2. The Morgan fingerprint density at radius 3 is 1.73 bits per heavy atom. The SMILES string of the molecule is CC(=O)F.CCC(F)(F)OC(COCC(F)(F)F)C(F)(F)F. The molecule has 0 fully saturated rings. The van der Waals surface area contributed by atoms with E-state index >= 15 is 0 Å². The maximum atomic E-state index is 12.6. The third kappa shape index (κ3) is 15.4. The van der Waals surface area contributed by atoms with Gasteiger partial charge in [-0.15, -0.1) is 0 Å². The van der Waals surface area contributed by atoms with Gasteiger partial charge in [0, 0.05) is 13.3 Å². The van der Waals surface area contributed by atoms with E-state index < -0.39 is 50.2 Å². The number of rotatable bonds is 6. The molecule has 134 valence electrons. The number of hydrogen-bond acceptors (Lipinski definition) is 3. The summed E-state index contributed by atoms with van der Waals surface area (Å²) in [5.41, 5.74) is 0. The van der Waals surface area contributed by atoms with Gasteiger partial charge >= 0.3 is 18.5 Å². The molecule has 12 heteroatoms. The van der Waals surface area contributed by atoms with Crippen molar-refractivity contribution in [3.8, 4) is 0 Å². The molecular weight excluding hydrogens is 339 g/mol. The molecule has 0 aliphatic rings. The third-order valence-electron chi connectivity index (χ3n) is 1.63. The molecule has 0 saturated heterocycles.